The number of aliphatic hydroxyl groups is 1. The molecule has 1 aliphatic carbocycles. The Morgan fingerprint density at radius 1 is 1.31 bits per heavy atom. The highest BCUT2D eigenvalue weighted by molar-refractivity contribution is 5.98. The van der Waals surface area contributed by atoms with Crippen molar-refractivity contribution in [1.82, 2.24) is 15.3 Å². The highest BCUT2D eigenvalue weighted by Crippen LogP contribution is 2.38. The van der Waals surface area contributed by atoms with Gasteiger partial charge in [0, 0.05) is 28.9 Å². The summed E-state index contributed by atoms with van der Waals surface area (Å²) in [5.41, 5.74) is 2.49. The Kier molecular flexibility index (Phi) is 4.34. The topological polar surface area (TPSA) is 87.2 Å². The Morgan fingerprint density at radius 2 is 2.15 bits per heavy atom. The summed E-state index contributed by atoms with van der Waals surface area (Å²) in [5, 5.41) is 13.8. The number of rotatable bonds is 5. The molecule has 3 N–H and O–H groups in total. The molecule has 0 spiro atoms. The van der Waals surface area contributed by atoms with E-state index in [4.69, 9.17) is 4.74 Å². The van der Waals surface area contributed by atoms with E-state index in [9.17, 15) is 9.90 Å². The molecule has 0 radical (unpaired) electrons. The largest absolute Gasteiger partial charge is 0.495 e. The predicted octanol–water partition coefficient (Wildman–Crippen LogP) is 2.81. The molecule has 6 heteroatoms. The molecule has 0 aliphatic heterocycles. The minimum absolute atomic E-state index is 0.137. The van der Waals surface area contributed by atoms with Gasteiger partial charge in [0.15, 0.2) is 0 Å². The van der Waals surface area contributed by atoms with E-state index in [1.165, 1.54) is 0 Å². The van der Waals surface area contributed by atoms with E-state index in [1.54, 1.807) is 19.5 Å². The first-order valence-corrected chi connectivity index (χ1v) is 8.69. The van der Waals surface area contributed by atoms with Gasteiger partial charge in [-0.15, -0.1) is 0 Å². The summed E-state index contributed by atoms with van der Waals surface area (Å²) in [6, 6.07) is 9.20. The number of carbonyl (C=O) groups excluding carboxylic acids is 1. The molecule has 2 heterocycles. The molecule has 2 aromatic heterocycles. The summed E-state index contributed by atoms with van der Waals surface area (Å²) in [7, 11) is 1.59. The van der Waals surface area contributed by atoms with Gasteiger partial charge >= 0.3 is 0 Å². The van der Waals surface area contributed by atoms with Gasteiger partial charge in [0.1, 0.15) is 5.75 Å². The van der Waals surface area contributed by atoms with E-state index < -0.39 is 0 Å². The number of hydrogen-bond acceptors (Lipinski definition) is 4. The number of methoxy groups -OCH3 is 1. The van der Waals surface area contributed by atoms with Gasteiger partial charge in [0.25, 0.3) is 5.91 Å². The molecule has 6 nitrogen and oxygen atoms in total. The first-order valence-electron chi connectivity index (χ1n) is 8.69. The molecule has 4 rings (SSSR count). The first kappa shape index (κ1) is 16.6. The maximum atomic E-state index is 12.8. The normalized spacial score (nSPS) is 20.4. The summed E-state index contributed by atoms with van der Waals surface area (Å²) >= 11 is 0. The number of pyridine rings is 1. The van der Waals surface area contributed by atoms with Crippen LogP contribution >= 0.6 is 0 Å². The molecule has 26 heavy (non-hydrogen) atoms. The van der Waals surface area contributed by atoms with Crippen LogP contribution in [0.25, 0.3) is 10.9 Å². The summed E-state index contributed by atoms with van der Waals surface area (Å²) in [6.45, 7) is 0. The summed E-state index contributed by atoms with van der Waals surface area (Å²) in [4.78, 5) is 20.2. The Morgan fingerprint density at radius 3 is 2.92 bits per heavy atom. The van der Waals surface area contributed by atoms with Gasteiger partial charge < -0.3 is 20.1 Å². The zero-order valence-electron chi connectivity index (χ0n) is 14.5. The van der Waals surface area contributed by atoms with Crippen LogP contribution in [0.2, 0.25) is 0 Å². The molecule has 1 amide bonds. The van der Waals surface area contributed by atoms with Crippen LogP contribution in [0.15, 0.2) is 48.9 Å². The molecular weight excluding hydrogens is 330 g/mol. The summed E-state index contributed by atoms with van der Waals surface area (Å²) in [5.74, 6) is 0.691. The van der Waals surface area contributed by atoms with Gasteiger partial charge in [-0.3, -0.25) is 9.78 Å². The maximum absolute atomic E-state index is 12.8. The van der Waals surface area contributed by atoms with Crippen molar-refractivity contribution >= 4 is 16.8 Å². The average Bonchev–Trinajstić information content (AvgIpc) is 3.11. The molecule has 1 fully saturated rings. The minimum Gasteiger partial charge on any atom is -0.495 e. The zero-order valence-corrected chi connectivity index (χ0v) is 14.5. The predicted molar refractivity (Wildman–Crippen MR) is 98.0 cm³/mol. The van der Waals surface area contributed by atoms with Crippen LogP contribution in [0.1, 0.15) is 34.8 Å². The fraction of sp³-hybridized carbons (Fsp3) is 0.300. The molecule has 134 valence electrons. The minimum atomic E-state index is -0.297. The Hall–Kier alpha value is -2.86. The van der Waals surface area contributed by atoms with E-state index in [-0.39, 0.29) is 24.0 Å². The second-order valence-electron chi connectivity index (χ2n) is 6.77. The Bertz CT molecular complexity index is 931. The fourth-order valence-corrected chi connectivity index (χ4v) is 3.51. The molecule has 0 unspecified atom stereocenters. The fourth-order valence-electron chi connectivity index (χ4n) is 3.51. The number of H-pyrrole nitrogens is 1. The smallest absolute Gasteiger partial charge is 0.251 e. The molecule has 1 atom stereocenters. The number of aromatic amines is 1. The highest BCUT2D eigenvalue weighted by Gasteiger charge is 2.36. The monoisotopic (exact) mass is 351 g/mol. The number of ether oxygens (including phenoxy) is 1. The molecule has 3 aromatic rings. The molecule has 0 bridgehead atoms. The van der Waals surface area contributed by atoms with Crippen molar-refractivity contribution in [2.24, 2.45) is 5.92 Å². The first-order chi connectivity index (χ1) is 12.6. The van der Waals surface area contributed by atoms with Crippen LogP contribution in [0.4, 0.5) is 0 Å². The molecule has 1 aliphatic rings. The van der Waals surface area contributed by atoms with Crippen LogP contribution < -0.4 is 10.1 Å². The second-order valence-corrected chi connectivity index (χ2v) is 6.77. The van der Waals surface area contributed by atoms with Gasteiger partial charge in [-0.1, -0.05) is 0 Å². The van der Waals surface area contributed by atoms with E-state index in [2.05, 4.69) is 15.3 Å². The lowest BCUT2D eigenvalue weighted by Crippen LogP contribution is -2.41. The summed E-state index contributed by atoms with van der Waals surface area (Å²) < 4.78 is 5.26. The van der Waals surface area contributed by atoms with E-state index in [1.807, 2.05) is 36.5 Å². The number of carbonyl (C=O) groups is 1. The van der Waals surface area contributed by atoms with Crippen molar-refractivity contribution in [1.29, 1.82) is 0 Å². The van der Waals surface area contributed by atoms with Crippen molar-refractivity contribution in [3.63, 3.8) is 0 Å². The number of amides is 1. The number of benzene rings is 1. The summed E-state index contributed by atoms with van der Waals surface area (Å²) in [6.07, 6.45) is 6.27. The maximum Gasteiger partial charge on any atom is 0.251 e. The third-order valence-corrected chi connectivity index (χ3v) is 5.05. The van der Waals surface area contributed by atoms with Crippen molar-refractivity contribution in [2.45, 2.75) is 25.0 Å². The molecule has 1 aromatic carbocycles. The number of aliphatic hydroxyl groups excluding tert-OH is 1. The van der Waals surface area contributed by atoms with Crippen molar-refractivity contribution in [2.75, 3.05) is 7.11 Å². The number of nitrogens with one attached hydrogen (secondary N) is 2. The number of nitrogens with zero attached hydrogens (tertiary/aromatic N) is 1. The van der Waals surface area contributed by atoms with Crippen LogP contribution in [0, 0.1) is 5.92 Å². The standard InChI is InChI=1S/C20H21N3O3/c1-26-17-9-15(10-21-11-17)19(14-7-16(24)8-14)23-20(25)13-2-3-18-12(6-13)4-5-22-18/h2-6,9-11,14,16,19,22,24H,7-8H2,1H3,(H,23,25)/t14?,16?,19-/m1/s1. The quantitative estimate of drug-likeness (QED) is 0.660. The van der Waals surface area contributed by atoms with E-state index in [0.717, 1.165) is 16.5 Å². The zero-order chi connectivity index (χ0) is 18.1. The third kappa shape index (κ3) is 3.15. The van der Waals surface area contributed by atoms with Crippen molar-refractivity contribution in [3.8, 4) is 5.75 Å². The molecular formula is C20H21N3O3. The lowest BCUT2D eigenvalue weighted by Gasteiger charge is -2.38. The lowest BCUT2D eigenvalue weighted by atomic mass is 9.75. The van der Waals surface area contributed by atoms with Crippen LogP contribution in [-0.4, -0.2) is 34.2 Å². The van der Waals surface area contributed by atoms with Crippen LogP contribution in [0.3, 0.4) is 0 Å². The number of fused-ring (bicyclic) bond motifs is 1. The SMILES string of the molecule is COc1cncc([C@H](NC(=O)c2ccc3[nH]ccc3c2)C2CC(O)C2)c1. The highest BCUT2D eigenvalue weighted by atomic mass is 16.5. The van der Waals surface area contributed by atoms with Gasteiger partial charge in [0.05, 0.1) is 25.5 Å². The lowest BCUT2D eigenvalue weighted by molar-refractivity contribution is 0.0234. The van der Waals surface area contributed by atoms with Crippen LogP contribution in [0.5, 0.6) is 5.75 Å². The van der Waals surface area contributed by atoms with Gasteiger partial charge in [-0.25, -0.2) is 0 Å². The average molecular weight is 351 g/mol. The van der Waals surface area contributed by atoms with Gasteiger partial charge in [0.2, 0.25) is 0 Å². The molecule has 1 saturated carbocycles. The number of hydrogen-bond donors (Lipinski definition) is 3. The van der Waals surface area contributed by atoms with Crippen molar-refractivity contribution < 1.29 is 14.6 Å². The Balaban J connectivity index is 1.60. The van der Waals surface area contributed by atoms with Crippen molar-refractivity contribution in [3.05, 3.63) is 60.0 Å². The van der Waals surface area contributed by atoms with Gasteiger partial charge in [-0.2, -0.15) is 0 Å². The third-order valence-electron chi connectivity index (χ3n) is 5.05. The number of aromatic nitrogens is 2. The molecule has 0 saturated heterocycles. The Labute approximate surface area is 151 Å². The second kappa shape index (κ2) is 6.80. The van der Waals surface area contributed by atoms with E-state index in [0.29, 0.717) is 24.2 Å². The van der Waals surface area contributed by atoms with Gasteiger partial charge in [-0.05, 0) is 54.7 Å². The van der Waals surface area contributed by atoms with E-state index >= 15 is 0 Å². The van der Waals surface area contributed by atoms with Crippen LogP contribution in [-0.2, 0) is 0 Å².